The van der Waals surface area contributed by atoms with E-state index < -0.39 is 24.3 Å². The fourth-order valence-corrected chi connectivity index (χ4v) is 3.32. The molecule has 150 valence electrons. The highest BCUT2D eigenvalue weighted by Crippen LogP contribution is 2.39. The van der Waals surface area contributed by atoms with Gasteiger partial charge in [0.1, 0.15) is 5.82 Å². The van der Waals surface area contributed by atoms with Crippen LogP contribution in [0, 0.1) is 0 Å². The molecule has 7 heteroatoms. The summed E-state index contributed by atoms with van der Waals surface area (Å²) in [5.41, 5.74) is 0.850. The summed E-state index contributed by atoms with van der Waals surface area (Å²) in [5.74, 6) is 0.129. The molecule has 0 saturated heterocycles. The van der Waals surface area contributed by atoms with Gasteiger partial charge in [0.2, 0.25) is 0 Å². The molecular formula is C21H23F3N2O2. The average molecular weight is 392 g/mol. The minimum absolute atomic E-state index is 0.0262. The van der Waals surface area contributed by atoms with Crippen LogP contribution in [0.25, 0.3) is 0 Å². The van der Waals surface area contributed by atoms with E-state index in [9.17, 15) is 23.1 Å². The van der Waals surface area contributed by atoms with Crippen LogP contribution in [0.1, 0.15) is 77.8 Å². The number of amides is 1. The molecule has 1 aromatic carbocycles. The molecule has 0 saturated carbocycles. The Bertz CT molecular complexity index is 894. The third-order valence-electron chi connectivity index (χ3n) is 4.98. The average Bonchev–Trinajstić information content (AvgIpc) is 2.96. The summed E-state index contributed by atoms with van der Waals surface area (Å²) < 4.78 is 40.6. The molecule has 3 rings (SSSR count). The zero-order valence-corrected chi connectivity index (χ0v) is 16.3. The van der Waals surface area contributed by atoms with Crippen LogP contribution in [0.2, 0.25) is 0 Å². The van der Waals surface area contributed by atoms with Crippen molar-refractivity contribution in [2.24, 2.45) is 0 Å². The van der Waals surface area contributed by atoms with Crippen molar-refractivity contribution in [1.29, 1.82) is 0 Å². The Morgan fingerprint density at radius 3 is 2.32 bits per heavy atom. The summed E-state index contributed by atoms with van der Waals surface area (Å²) in [6.45, 7) is 7.22. The van der Waals surface area contributed by atoms with Gasteiger partial charge in [0.05, 0.1) is 18.7 Å². The molecule has 28 heavy (non-hydrogen) atoms. The van der Waals surface area contributed by atoms with Crippen molar-refractivity contribution in [2.75, 3.05) is 4.90 Å². The number of aliphatic hydroxyl groups is 1. The molecule has 0 radical (unpaired) electrons. The predicted octanol–water partition coefficient (Wildman–Crippen LogP) is 5.00. The molecule has 0 spiro atoms. The fraction of sp³-hybridized carbons (Fsp3) is 0.429. The van der Waals surface area contributed by atoms with Crippen LogP contribution < -0.4 is 4.90 Å². The molecule has 0 bridgehead atoms. The highest BCUT2D eigenvalue weighted by molar-refractivity contribution is 6.10. The van der Waals surface area contributed by atoms with Crippen molar-refractivity contribution in [3.05, 3.63) is 57.8 Å². The SMILES string of the molecule is CC(C)c1cc(C(C)C)nc(N2Cc3c(cc(CO)cc3C(F)(F)F)C2=O)c1. The molecule has 1 aromatic heterocycles. The summed E-state index contributed by atoms with van der Waals surface area (Å²) in [7, 11) is 0. The molecule has 2 heterocycles. The van der Waals surface area contributed by atoms with E-state index in [0.717, 1.165) is 17.3 Å². The Morgan fingerprint density at radius 1 is 1.11 bits per heavy atom. The number of rotatable bonds is 4. The van der Waals surface area contributed by atoms with E-state index in [-0.39, 0.29) is 35.1 Å². The second kappa shape index (κ2) is 7.20. The molecule has 1 aliphatic rings. The molecule has 0 aliphatic carbocycles. The van der Waals surface area contributed by atoms with E-state index in [4.69, 9.17) is 0 Å². The predicted molar refractivity (Wildman–Crippen MR) is 100 cm³/mol. The summed E-state index contributed by atoms with van der Waals surface area (Å²) in [6.07, 6.45) is -4.61. The maximum atomic E-state index is 13.5. The molecule has 0 atom stereocenters. The third kappa shape index (κ3) is 3.63. The van der Waals surface area contributed by atoms with Crippen LogP contribution in [0.5, 0.6) is 0 Å². The second-order valence-corrected chi connectivity index (χ2v) is 7.71. The van der Waals surface area contributed by atoms with Crippen molar-refractivity contribution in [1.82, 2.24) is 4.98 Å². The van der Waals surface area contributed by atoms with E-state index >= 15 is 0 Å². The minimum Gasteiger partial charge on any atom is -0.392 e. The maximum Gasteiger partial charge on any atom is 0.416 e. The highest BCUT2D eigenvalue weighted by Gasteiger charge is 2.40. The van der Waals surface area contributed by atoms with Crippen LogP contribution in [-0.4, -0.2) is 16.0 Å². The lowest BCUT2D eigenvalue weighted by Crippen LogP contribution is -2.25. The summed E-state index contributed by atoms with van der Waals surface area (Å²) in [5, 5.41) is 9.32. The number of anilines is 1. The van der Waals surface area contributed by atoms with E-state index in [0.29, 0.717) is 5.82 Å². The van der Waals surface area contributed by atoms with Crippen molar-refractivity contribution in [3.63, 3.8) is 0 Å². The van der Waals surface area contributed by atoms with Gasteiger partial charge < -0.3 is 5.11 Å². The number of fused-ring (bicyclic) bond motifs is 1. The molecule has 1 amide bonds. The largest absolute Gasteiger partial charge is 0.416 e. The summed E-state index contributed by atoms with van der Waals surface area (Å²) in [6, 6.07) is 5.98. The first kappa shape index (κ1) is 20.3. The lowest BCUT2D eigenvalue weighted by atomic mass is 9.99. The van der Waals surface area contributed by atoms with Gasteiger partial charge in [-0.25, -0.2) is 4.98 Å². The number of carbonyl (C=O) groups is 1. The molecule has 2 aromatic rings. The topological polar surface area (TPSA) is 53.4 Å². The fourth-order valence-electron chi connectivity index (χ4n) is 3.32. The molecule has 1 aliphatic heterocycles. The number of hydrogen-bond acceptors (Lipinski definition) is 3. The number of nitrogens with zero attached hydrogens (tertiary/aromatic N) is 2. The van der Waals surface area contributed by atoms with Crippen molar-refractivity contribution in [3.8, 4) is 0 Å². The van der Waals surface area contributed by atoms with Crippen molar-refractivity contribution < 1.29 is 23.1 Å². The number of halogens is 3. The first-order valence-corrected chi connectivity index (χ1v) is 9.20. The zero-order chi connectivity index (χ0) is 20.8. The van der Waals surface area contributed by atoms with Crippen LogP contribution in [-0.2, 0) is 19.3 Å². The van der Waals surface area contributed by atoms with Crippen LogP contribution >= 0.6 is 0 Å². The first-order chi connectivity index (χ1) is 13.0. The van der Waals surface area contributed by atoms with Gasteiger partial charge in [-0.1, -0.05) is 27.7 Å². The van der Waals surface area contributed by atoms with Gasteiger partial charge in [-0.3, -0.25) is 9.69 Å². The minimum atomic E-state index is -4.61. The number of benzene rings is 1. The first-order valence-electron chi connectivity index (χ1n) is 9.20. The third-order valence-corrected chi connectivity index (χ3v) is 4.98. The lowest BCUT2D eigenvalue weighted by molar-refractivity contribution is -0.138. The molecule has 0 fully saturated rings. The molecule has 4 nitrogen and oxygen atoms in total. The highest BCUT2D eigenvalue weighted by atomic mass is 19.4. The number of aliphatic hydroxyl groups excluding tert-OH is 1. The van der Waals surface area contributed by atoms with Crippen LogP contribution in [0.15, 0.2) is 24.3 Å². The van der Waals surface area contributed by atoms with Gasteiger partial charge in [-0.05, 0) is 52.8 Å². The Hall–Kier alpha value is -2.41. The Labute approximate surface area is 162 Å². The monoisotopic (exact) mass is 392 g/mol. The lowest BCUT2D eigenvalue weighted by Gasteiger charge is -2.20. The van der Waals surface area contributed by atoms with Gasteiger partial charge in [0.15, 0.2) is 0 Å². The van der Waals surface area contributed by atoms with Gasteiger partial charge in [-0.15, -0.1) is 0 Å². The molecular weight excluding hydrogens is 369 g/mol. The maximum absolute atomic E-state index is 13.5. The van der Waals surface area contributed by atoms with Gasteiger partial charge in [0, 0.05) is 11.3 Å². The van der Waals surface area contributed by atoms with E-state index in [1.165, 1.54) is 11.0 Å². The number of alkyl halides is 3. The van der Waals surface area contributed by atoms with Gasteiger partial charge >= 0.3 is 6.18 Å². The Balaban J connectivity index is 2.13. The Kier molecular flexibility index (Phi) is 5.23. The number of hydrogen-bond donors (Lipinski definition) is 1. The standard InChI is InChI=1S/C21H23F3N2O2/c1-11(2)14-7-18(12(3)4)25-19(8-14)26-9-16-15(20(26)28)5-13(10-27)6-17(16)21(22,23)24/h5-8,11-12,27H,9-10H2,1-4H3. The number of carbonyl (C=O) groups excluding carboxylic acids is 1. The quantitative estimate of drug-likeness (QED) is 0.797. The Morgan fingerprint density at radius 2 is 1.79 bits per heavy atom. The number of pyridine rings is 1. The van der Waals surface area contributed by atoms with Crippen molar-refractivity contribution >= 4 is 11.7 Å². The second-order valence-electron chi connectivity index (χ2n) is 7.71. The van der Waals surface area contributed by atoms with E-state index in [1.807, 2.05) is 33.8 Å². The van der Waals surface area contributed by atoms with Gasteiger partial charge in [0.25, 0.3) is 5.91 Å². The van der Waals surface area contributed by atoms with Crippen molar-refractivity contribution in [2.45, 2.75) is 58.9 Å². The molecule has 1 N–H and O–H groups in total. The molecule has 0 unspecified atom stereocenters. The summed E-state index contributed by atoms with van der Waals surface area (Å²) in [4.78, 5) is 18.8. The normalized spacial score (nSPS) is 14.4. The van der Waals surface area contributed by atoms with E-state index in [2.05, 4.69) is 4.98 Å². The van der Waals surface area contributed by atoms with Crippen LogP contribution in [0.3, 0.4) is 0 Å². The zero-order valence-electron chi connectivity index (χ0n) is 16.3. The van der Waals surface area contributed by atoms with Gasteiger partial charge in [-0.2, -0.15) is 13.2 Å². The van der Waals surface area contributed by atoms with Crippen LogP contribution in [0.4, 0.5) is 19.0 Å². The van der Waals surface area contributed by atoms with E-state index in [1.54, 1.807) is 6.07 Å². The summed E-state index contributed by atoms with van der Waals surface area (Å²) >= 11 is 0. The number of aromatic nitrogens is 1. The smallest absolute Gasteiger partial charge is 0.392 e.